The summed E-state index contributed by atoms with van der Waals surface area (Å²) in [5, 5.41) is 25.3. The van der Waals surface area contributed by atoms with Crippen LogP contribution in [-0.2, 0) is 29.0 Å². The molecule has 3 aromatic rings. The lowest BCUT2D eigenvalue weighted by Crippen LogP contribution is -2.20. The molecule has 1 aliphatic heterocycles. The Hall–Kier alpha value is -2.50. The van der Waals surface area contributed by atoms with Crippen LogP contribution in [0.25, 0.3) is 0 Å². The van der Waals surface area contributed by atoms with Gasteiger partial charge in [-0.25, -0.2) is 0 Å². The summed E-state index contributed by atoms with van der Waals surface area (Å²) < 4.78 is 7.92. The van der Waals surface area contributed by atoms with Crippen molar-refractivity contribution in [3.05, 3.63) is 40.2 Å². The molecule has 3 heterocycles. The molecule has 2 aromatic heterocycles. The number of hydrogen-bond acceptors (Lipinski definition) is 9. The second kappa shape index (κ2) is 11.1. The van der Waals surface area contributed by atoms with Crippen molar-refractivity contribution < 1.29 is 9.53 Å². The van der Waals surface area contributed by atoms with E-state index in [1.54, 1.807) is 0 Å². The molecule has 1 amide bonds. The van der Waals surface area contributed by atoms with Crippen molar-refractivity contribution in [2.45, 2.75) is 64.4 Å². The molecule has 0 saturated carbocycles. The van der Waals surface area contributed by atoms with E-state index in [1.165, 1.54) is 34.2 Å². The zero-order chi connectivity index (χ0) is 23.2. The van der Waals surface area contributed by atoms with Crippen LogP contribution in [0.15, 0.2) is 23.4 Å². The zero-order valence-corrected chi connectivity index (χ0v) is 20.8. The molecule has 1 aromatic carbocycles. The second-order valence-electron chi connectivity index (χ2n) is 8.01. The van der Waals surface area contributed by atoms with Gasteiger partial charge >= 0.3 is 0 Å². The lowest BCUT2D eigenvalue weighted by Gasteiger charge is -2.16. The van der Waals surface area contributed by atoms with Gasteiger partial charge in [0, 0.05) is 12.3 Å². The number of hydrogen-bond donors (Lipinski definition) is 2. The van der Waals surface area contributed by atoms with Crippen molar-refractivity contribution in [2.75, 3.05) is 23.0 Å². The fraction of sp³-hybridized carbons (Fsp3) is 0.500. The Labute approximate surface area is 201 Å². The van der Waals surface area contributed by atoms with E-state index in [0.717, 1.165) is 42.4 Å². The predicted molar refractivity (Wildman–Crippen MR) is 131 cm³/mol. The van der Waals surface area contributed by atoms with Gasteiger partial charge in [0.15, 0.2) is 11.0 Å². The number of benzene rings is 1. The Morgan fingerprint density at radius 2 is 2.15 bits per heavy atom. The number of aryl methyl sites for hydroxylation is 3. The average molecular weight is 488 g/mol. The summed E-state index contributed by atoms with van der Waals surface area (Å²) in [6.45, 7) is 8.19. The molecule has 1 aliphatic rings. The average Bonchev–Trinajstić information content (AvgIpc) is 3.54. The zero-order valence-electron chi connectivity index (χ0n) is 19.1. The minimum Gasteiger partial charge on any atom is -0.378 e. The number of nitrogens with zero attached hydrogens (tertiary/aromatic N) is 5. The maximum absolute atomic E-state index is 12.4. The summed E-state index contributed by atoms with van der Waals surface area (Å²) in [5.41, 5.74) is 3.50. The van der Waals surface area contributed by atoms with Crippen molar-refractivity contribution in [3.8, 4) is 0 Å². The number of anilines is 2. The number of carbonyl (C=O) groups is 1. The van der Waals surface area contributed by atoms with Crippen LogP contribution in [0.5, 0.6) is 0 Å². The first-order chi connectivity index (χ1) is 16.0. The van der Waals surface area contributed by atoms with Crippen LogP contribution >= 0.6 is 23.1 Å². The molecule has 11 heteroatoms. The molecule has 9 nitrogen and oxygen atoms in total. The van der Waals surface area contributed by atoms with Crippen LogP contribution in [0.3, 0.4) is 0 Å². The Balaban J connectivity index is 1.42. The Kier molecular flexibility index (Phi) is 7.94. The summed E-state index contributed by atoms with van der Waals surface area (Å²) in [4.78, 5) is 12.4. The lowest BCUT2D eigenvalue weighted by atomic mass is 10.1. The second-order valence-corrected chi connectivity index (χ2v) is 10.0. The Bertz CT molecular complexity index is 1090. The molecule has 0 spiro atoms. The number of nitrogens with one attached hydrogen (secondary N) is 2. The van der Waals surface area contributed by atoms with Crippen molar-refractivity contribution >= 4 is 39.8 Å². The van der Waals surface area contributed by atoms with E-state index in [0.29, 0.717) is 23.4 Å². The van der Waals surface area contributed by atoms with E-state index < -0.39 is 0 Å². The molecule has 1 unspecified atom stereocenters. The molecular weight excluding hydrogens is 458 g/mol. The van der Waals surface area contributed by atoms with E-state index in [4.69, 9.17) is 4.74 Å². The van der Waals surface area contributed by atoms with Gasteiger partial charge in [-0.1, -0.05) is 47.7 Å². The van der Waals surface area contributed by atoms with Crippen molar-refractivity contribution in [1.82, 2.24) is 25.0 Å². The fourth-order valence-corrected chi connectivity index (χ4v) is 5.11. The molecule has 2 N–H and O–H groups in total. The number of amides is 1. The molecule has 4 rings (SSSR count). The highest BCUT2D eigenvalue weighted by Crippen LogP contribution is 2.23. The number of rotatable bonds is 10. The van der Waals surface area contributed by atoms with Gasteiger partial charge < -0.3 is 14.6 Å². The van der Waals surface area contributed by atoms with E-state index in [2.05, 4.69) is 67.6 Å². The first kappa shape index (κ1) is 23.7. The Morgan fingerprint density at radius 3 is 2.88 bits per heavy atom. The van der Waals surface area contributed by atoms with Gasteiger partial charge in [0.1, 0.15) is 5.01 Å². The van der Waals surface area contributed by atoms with Gasteiger partial charge in [0.25, 0.3) is 0 Å². The predicted octanol–water partition coefficient (Wildman–Crippen LogP) is 3.83. The highest BCUT2D eigenvalue weighted by Gasteiger charge is 2.22. The number of aromatic nitrogens is 5. The largest absolute Gasteiger partial charge is 0.378 e. The van der Waals surface area contributed by atoms with Crippen LogP contribution < -0.4 is 10.6 Å². The lowest BCUT2D eigenvalue weighted by molar-refractivity contribution is -0.113. The molecule has 0 aliphatic carbocycles. The van der Waals surface area contributed by atoms with Crippen LogP contribution in [0, 0.1) is 13.8 Å². The number of thioether (sulfide) groups is 1. The van der Waals surface area contributed by atoms with Gasteiger partial charge in [-0.15, -0.1) is 20.4 Å². The maximum Gasteiger partial charge on any atom is 0.236 e. The molecule has 1 atom stereocenters. The molecule has 176 valence electrons. The van der Waals surface area contributed by atoms with Gasteiger partial charge in [-0.3, -0.25) is 10.1 Å². The van der Waals surface area contributed by atoms with Crippen LogP contribution in [0.4, 0.5) is 10.8 Å². The first-order valence-corrected chi connectivity index (χ1v) is 12.9. The first-order valence-electron chi connectivity index (χ1n) is 11.1. The van der Waals surface area contributed by atoms with Crippen molar-refractivity contribution in [1.29, 1.82) is 0 Å². The summed E-state index contributed by atoms with van der Waals surface area (Å²) >= 11 is 2.76. The molecule has 0 bridgehead atoms. The molecule has 1 saturated heterocycles. The number of carbonyl (C=O) groups excluding carboxylic acids is 1. The molecule has 1 fully saturated rings. The normalized spacial score (nSPS) is 15.7. The monoisotopic (exact) mass is 487 g/mol. The molecule has 0 radical (unpaired) electrons. The number of ether oxygens (including phenoxy) is 1. The van der Waals surface area contributed by atoms with Gasteiger partial charge in [-0.05, 0) is 44.7 Å². The highest BCUT2D eigenvalue weighted by molar-refractivity contribution is 7.99. The highest BCUT2D eigenvalue weighted by atomic mass is 32.2. The SMILES string of the molecule is CCc1nnc(NC(=O)CSc2nnc(CNc3ccc(C)cc3C)n2CC2CCCO2)s1. The smallest absolute Gasteiger partial charge is 0.236 e. The topological polar surface area (TPSA) is 107 Å². The summed E-state index contributed by atoms with van der Waals surface area (Å²) in [7, 11) is 0. The third-order valence-electron chi connectivity index (χ3n) is 5.37. The van der Waals surface area contributed by atoms with Crippen molar-refractivity contribution in [2.24, 2.45) is 0 Å². The van der Waals surface area contributed by atoms with Gasteiger partial charge in [0.05, 0.1) is 24.9 Å². The fourth-order valence-electron chi connectivity index (χ4n) is 3.65. The van der Waals surface area contributed by atoms with Gasteiger partial charge in [0.2, 0.25) is 11.0 Å². The maximum atomic E-state index is 12.4. The Morgan fingerprint density at radius 1 is 1.27 bits per heavy atom. The standard InChI is InChI=1S/C22H29N7O2S2/c1-4-20-26-27-21(33-20)24-19(30)13-32-22-28-25-18(29(22)12-16-6-5-9-31-16)11-23-17-8-7-14(2)10-15(17)3/h7-8,10,16,23H,4-6,9,11-13H2,1-3H3,(H,24,27,30). The summed E-state index contributed by atoms with van der Waals surface area (Å²) in [6.07, 6.45) is 3.02. The summed E-state index contributed by atoms with van der Waals surface area (Å²) in [6, 6.07) is 6.33. The van der Waals surface area contributed by atoms with E-state index in [9.17, 15) is 4.79 Å². The van der Waals surface area contributed by atoms with Crippen LogP contribution in [-0.4, -0.2) is 49.3 Å². The molecule has 33 heavy (non-hydrogen) atoms. The van der Waals surface area contributed by atoms with Crippen molar-refractivity contribution in [3.63, 3.8) is 0 Å². The van der Waals surface area contributed by atoms with E-state index in [1.807, 2.05) is 6.92 Å². The van der Waals surface area contributed by atoms with E-state index >= 15 is 0 Å². The third kappa shape index (κ3) is 6.30. The van der Waals surface area contributed by atoms with E-state index in [-0.39, 0.29) is 17.8 Å². The minimum absolute atomic E-state index is 0.138. The molecular formula is C22H29N7O2S2. The van der Waals surface area contributed by atoms with Crippen LogP contribution in [0.2, 0.25) is 0 Å². The minimum atomic E-state index is -0.138. The summed E-state index contributed by atoms with van der Waals surface area (Å²) in [5.74, 6) is 0.903. The third-order valence-corrected chi connectivity index (χ3v) is 7.32. The van der Waals surface area contributed by atoms with Crippen LogP contribution in [0.1, 0.15) is 41.7 Å². The van der Waals surface area contributed by atoms with Gasteiger partial charge in [-0.2, -0.15) is 0 Å². The quantitative estimate of drug-likeness (QED) is 0.416.